The molecule has 2 N–H and O–H groups in total. The average molecular weight is 453 g/mol. The molecule has 4 nitrogen and oxygen atoms in total. The number of fused-ring (bicyclic) bond motifs is 5. The van der Waals surface area contributed by atoms with Gasteiger partial charge in [-0.15, -0.1) is 0 Å². The molecule has 0 spiro atoms. The Labute approximate surface area is 198 Å². The number of ether oxygens (including phenoxy) is 1. The Morgan fingerprint density at radius 1 is 1.03 bits per heavy atom. The third-order valence-corrected chi connectivity index (χ3v) is 10.4. The molecule has 3 fully saturated rings. The lowest BCUT2D eigenvalue weighted by Crippen LogP contribution is -2.56. The Morgan fingerprint density at radius 2 is 1.79 bits per heavy atom. The number of allylic oxidation sites excluding steroid dienone is 1. The van der Waals surface area contributed by atoms with Crippen LogP contribution in [0.25, 0.3) is 0 Å². The molecule has 1 aromatic carbocycles. The minimum absolute atomic E-state index is 0.0592. The van der Waals surface area contributed by atoms with Crippen LogP contribution in [-0.4, -0.2) is 35.3 Å². The molecule has 5 rings (SSSR count). The number of ketones is 1. The van der Waals surface area contributed by atoms with Gasteiger partial charge in [0.25, 0.3) is 0 Å². The number of methoxy groups -OCH3 is 1. The number of benzene rings is 1. The van der Waals surface area contributed by atoms with E-state index in [9.17, 15) is 15.0 Å². The summed E-state index contributed by atoms with van der Waals surface area (Å²) in [6.45, 7) is 2.49. The highest BCUT2D eigenvalue weighted by Crippen LogP contribution is 2.68. The molecule has 0 aliphatic heterocycles. The van der Waals surface area contributed by atoms with Gasteiger partial charge in [0.2, 0.25) is 0 Å². The summed E-state index contributed by atoms with van der Waals surface area (Å²) in [6.07, 6.45) is 12.3. The molecule has 3 saturated carbocycles. The quantitative estimate of drug-likeness (QED) is 0.618. The van der Waals surface area contributed by atoms with Gasteiger partial charge in [0.05, 0.1) is 12.7 Å². The van der Waals surface area contributed by atoms with Crippen LogP contribution in [0, 0.1) is 28.6 Å². The fourth-order valence-corrected chi connectivity index (χ4v) is 8.69. The maximum atomic E-state index is 12.4. The summed E-state index contributed by atoms with van der Waals surface area (Å²) in [7, 11) is 1.70. The van der Waals surface area contributed by atoms with E-state index >= 15 is 0 Å². The van der Waals surface area contributed by atoms with Gasteiger partial charge in [-0.2, -0.15) is 0 Å². The van der Waals surface area contributed by atoms with E-state index < -0.39 is 5.60 Å². The van der Waals surface area contributed by atoms with Crippen LogP contribution < -0.4 is 4.74 Å². The highest BCUT2D eigenvalue weighted by molar-refractivity contribution is 5.91. The molecule has 0 heterocycles. The number of hydrogen-bond acceptors (Lipinski definition) is 4. The summed E-state index contributed by atoms with van der Waals surface area (Å²) >= 11 is 0. The molecule has 0 saturated heterocycles. The first-order valence-corrected chi connectivity index (χ1v) is 13.1. The van der Waals surface area contributed by atoms with E-state index in [1.807, 2.05) is 6.08 Å². The van der Waals surface area contributed by atoms with E-state index in [0.29, 0.717) is 42.8 Å². The highest BCUT2D eigenvalue weighted by atomic mass is 16.5. The molecule has 0 bridgehead atoms. The highest BCUT2D eigenvalue weighted by Gasteiger charge is 2.64. The normalized spacial score (nSPS) is 39.9. The van der Waals surface area contributed by atoms with Crippen molar-refractivity contribution in [2.45, 2.75) is 83.2 Å². The molecule has 1 aromatic rings. The molecule has 4 aliphatic carbocycles. The summed E-state index contributed by atoms with van der Waals surface area (Å²) in [5, 5.41) is 21.1. The monoisotopic (exact) mass is 452 g/mol. The Morgan fingerprint density at radius 3 is 2.52 bits per heavy atom. The third kappa shape index (κ3) is 3.60. The Kier molecular flexibility index (Phi) is 5.98. The largest absolute Gasteiger partial charge is 0.497 e. The van der Waals surface area contributed by atoms with Gasteiger partial charge in [-0.25, -0.2) is 0 Å². The van der Waals surface area contributed by atoms with Crippen molar-refractivity contribution in [3.63, 3.8) is 0 Å². The Balaban J connectivity index is 1.48. The van der Waals surface area contributed by atoms with Crippen molar-refractivity contribution < 1.29 is 19.7 Å². The average Bonchev–Trinajstić information content (AvgIpc) is 3.09. The first-order chi connectivity index (χ1) is 15.8. The first-order valence-electron chi connectivity index (χ1n) is 13.1. The predicted molar refractivity (Wildman–Crippen MR) is 129 cm³/mol. The molecule has 33 heavy (non-hydrogen) atoms. The van der Waals surface area contributed by atoms with Gasteiger partial charge in [0.1, 0.15) is 5.75 Å². The van der Waals surface area contributed by atoms with Gasteiger partial charge in [0.15, 0.2) is 5.78 Å². The summed E-state index contributed by atoms with van der Waals surface area (Å²) in [5.74, 6) is 2.90. The minimum atomic E-state index is -0.646. The van der Waals surface area contributed by atoms with E-state index in [1.165, 1.54) is 11.1 Å². The number of hydrogen-bond donors (Lipinski definition) is 2. The van der Waals surface area contributed by atoms with Crippen molar-refractivity contribution in [2.75, 3.05) is 13.7 Å². The molecule has 6 atom stereocenters. The van der Waals surface area contributed by atoms with E-state index in [1.54, 1.807) is 7.11 Å². The van der Waals surface area contributed by atoms with Crippen molar-refractivity contribution in [3.8, 4) is 5.75 Å². The van der Waals surface area contributed by atoms with Crippen LogP contribution in [0.15, 0.2) is 35.9 Å². The standard InChI is InChI=1S/C29H40O4/c1-27-14-11-26-24(25(27)12-16-29(27,32)13-3-17-30)9-6-21-18-22(31)10-15-28(21,26)19-20-4-7-23(33-2)8-5-20/h4-5,7-8,18,24-26,30,32H,3,6,9-17,19H2,1-2H3/t24-,25-,26+,27-,28+,29?/m0/s1. The summed E-state index contributed by atoms with van der Waals surface area (Å²) in [4.78, 5) is 12.4. The lowest BCUT2D eigenvalue weighted by atomic mass is 9.45. The zero-order valence-corrected chi connectivity index (χ0v) is 20.3. The van der Waals surface area contributed by atoms with Crippen LogP contribution in [0.3, 0.4) is 0 Å². The smallest absolute Gasteiger partial charge is 0.155 e. The van der Waals surface area contributed by atoms with Gasteiger partial charge < -0.3 is 14.9 Å². The minimum Gasteiger partial charge on any atom is -0.497 e. The number of aliphatic hydroxyl groups excluding tert-OH is 1. The lowest BCUT2D eigenvalue weighted by Gasteiger charge is -2.60. The van der Waals surface area contributed by atoms with Crippen LogP contribution >= 0.6 is 0 Å². The molecule has 4 aliphatic rings. The second kappa shape index (κ2) is 8.53. The first kappa shape index (κ1) is 23.1. The summed E-state index contributed by atoms with van der Waals surface area (Å²) < 4.78 is 5.37. The fourth-order valence-electron chi connectivity index (χ4n) is 8.69. The topological polar surface area (TPSA) is 66.8 Å². The van der Waals surface area contributed by atoms with Crippen molar-refractivity contribution in [3.05, 3.63) is 41.5 Å². The van der Waals surface area contributed by atoms with Gasteiger partial charge in [-0.1, -0.05) is 24.6 Å². The zero-order chi connectivity index (χ0) is 23.3. The fraction of sp³-hybridized carbons (Fsp3) is 0.690. The SMILES string of the molecule is COc1ccc(C[C@]23CCC(=O)C=C2CC[C@@H]2[C@H]3CC[C@@]3(C)[C@H]2CCC3(O)CCCO)cc1. The van der Waals surface area contributed by atoms with Crippen molar-refractivity contribution in [1.82, 2.24) is 0 Å². The number of carbonyl (C=O) groups excluding carboxylic acids is 1. The Hall–Kier alpha value is -1.65. The van der Waals surface area contributed by atoms with Gasteiger partial charge in [-0.05, 0) is 117 Å². The number of rotatable bonds is 6. The third-order valence-electron chi connectivity index (χ3n) is 10.4. The second-order valence-corrected chi connectivity index (χ2v) is 11.6. The molecule has 1 unspecified atom stereocenters. The van der Waals surface area contributed by atoms with Crippen LogP contribution in [0.2, 0.25) is 0 Å². The van der Waals surface area contributed by atoms with E-state index in [-0.39, 0.29) is 17.4 Å². The van der Waals surface area contributed by atoms with Gasteiger partial charge in [-0.3, -0.25) is 4.79 Å². The van der Waals surface area contributed by atoms with E-state index in [2.05, 4.69) is 31.2 Å². The molecule has 0 radical (unpaired) electrons. The molecular weight excluding hydrogens is 412 g/mol. The Bertz CT molecular complexity index is 920. The number of aliphatic hydroxyl groups is 2. The molecular formula is C29H40O4. The van der Waals surface area contributed by atoms with Crippen LogP contribution in [0.1, 0.15) is 76.7 Å². The van der Waals surface area contributed by atoms with Crippen molar-refractivity contribution in [1.29, 1.82) is 0 Å². The maximum absolute atomic E-state index is 12.4. The van der Waals surface area contributed by atoms with E-state index in [4.69, 9.17) is 4.74 Å². The van der Waals surface area contributed by atoms with Gasteiger partial charge >= 0.3 is 0 Å². The molecule has 4 heteroatoms. The van der Waals surface area contributed by atoms with Crippen LogP contribution in [0.5, 0.6) is 5.75 Å². The lowest BCUT2D eigenvalue weighted by molar-refractivity contribution is -0.135. The summed E-state index contributed by atoms with van der Waals surface area (Å²) in [6, 6.07) is 8.50. The molecule has 180 valence electrons. The van der Waals surface area contributed by atoms with Crippen molar-refractivity contribution >= 4 is 5.78 Å². The predicted octanol–water partition coefficient (Wildman–Crippen LogP) is 5.25. The molecule has 0 amide bonds. The van der Waals surface area contributed by atoms with Crippen LogP contribution in [0.4, 0.5) is 0 Å². The van der Waals surface area contributed by atoms with Gasteiger partial charge in [0, 0.05) is 13.0 Å². The number of carbonyl (C=O) groups is 1. The van der Waals surface area contributed by atoms with Crippen molar-refractivity contribution in [2.24, 2.45) is 28.6 Å². The van der Waals surface area contributed by atoms with Crippen LogP contribution in [-0.2, 0) is 11.2 Å². The zero-order valence-electron chi connectivity index (χ0n) is 20.3. The maximum Gasteiger partial charge on any atom is 0.155 e. The van der Waals surface area contributed by atoms with E-state index in [0.717, 1.165) is 57.1 Å². The summed E-state index contributed by atoms with van der Waals surface area (Å²) in [5.41, 5.74) is 2.09. The molecule has 0 aromatic heterocycles. The second-order valence-electron chi connectivity index (χ2n) is 11.6.